The number of hydrogen-bond donors (Lipinski definition) is 0. The lowest BCUT2D eigenvalue weighted by atomic mass is 10.2. The molecule has 12 heavy (non-hydrogen) atoms. The molecule has 0 N–H and O–H groups in total. The molecule has 2 rings (SSSR count). The van der Waals surface area contributed by atoms with Crippen LogP contribution in [0.5, 0.6) is 0 Å². The molecule has 3 nitrogen and oxygen atoms in total. The van der Waals surface area contributed by atoms with Crippen molar-refractivity contribution in [3.63, 3.8) is 0 Å². The first-order valence-corrected chi connectivity index (χ1v) is 4.20. The van der Waals surface area contributed by atoms with E-state index in [2.05, 4.69) is 23.8 Å². The van der Waals surface area contributed by atoms with Crippen molar-refractivity contribution in [2.45, 2.75) is 33.0 Å². The summed E-state index contributed by atoms with van der Waals surface area (Å²) in [6.07, 6.45) is 1.88. The summed E-state index contributed by atoms with van der Waals surface area (Å²) >= 11 is 0. The van der Waals surface area contributed by atoms with Crippen molar-refractivity contribution in [2.75, 3.05) is 0 Å². The normalized spacial score (nSPS) is 15.2. The number of hydrogen-bond acceptors (Lipinski definition) is 3. The van der Waals surface area contributed by atoms with Crippen LogP contribution in [-0.2, 0) is 18.0 Å². The van der Waals surface area contributed by atoms with Crippen LogP contribution in [0.3, 0.4) is 0 Å². The molecule has 0 saturated carbocycles. The molecule has 64 valence electrons. The maximum Gasteiger partial charge on any atom is 0.131 e. The summed E-state index contributed by atoms with van der Waals surface area (Å²) in [5.74, 6) is 1.31. The summed E-state index contributed by atoms with van der Waals surface area (Å²) in [6.45, 7) is 5.51. The van der Waals surface area contributed by atoms with Gasteiger partial charge in [0.2, 0.25) is 0 Å². The molecule has 2 heterocycles. The largest absolute Gasteiger partial charge is 0.370 e. The number of aromatic nitrogens is 2. The maximum absolute atomic E-state index is 5.25. The molecule has 1 aliphatic rings. The van der Waals surface area contributed by atoms with Crippen LogP contribution in [0, 0.1) is 0 Å². The second-order valence-corrected chi connectivity index (χ2v) is 3.35. The van der Waals surface area contributed by atoms with E-state index >= 15 is 0 Å². The molecule has 3 heteroatoms. The Morgan fingerprint density at radius 1 is 1.42 bits per heavy atom. The Labute approximate surface area is 71.8 Å². The van der Waals surface area contributed by atoms with Crippen LogP contribution in [0.25, 0.3) is 0 Å². The molecule has 0 bridgehead atoms. The highest BCUT2D eigenvalue weighted by Gasteiger charge is 2.14. The number of nitrogens with zero attached hydrogens (tertiary/aromatic N) is 2. The smallest absolute Gasteiger partial charge is 0.131 e. The van der Waals surface area contributed by atoms with Gasteiger partial charge in [0.15, 0.2) is 0 Å². The van der Waals surface area contributed by atoms with Crippen LogP contribution >= 0.6 is 0 Å². The summed E-state index contributed by atoms with van der Waals surface area (Å²) in [5, 5.41) is 0. The molecule has 0 saturated heterocycles. The third-order valence-corrected chi connectivity index (χ3v) is 1.99. The SMILES string of the molecule is CC(C)c1ncc2c(n1)COC2. The Hall–Kier alpha value is -0.960. The van der Waals surface area contributed by atoms with Gasteiger partial charge in [0.05, 0.1) is 18.9 Å². The first kappa shape index (κ1) is 7.68. The van der Waals surface area contributed by atoms with Crippen LogP contribution in [-0.4, -0.2) is 9.97 Å². The summed E-state index contributed by atoms with van der Waals surface area (Å²) < 4.78 is 5.25. The van der Waals surface area contributed by atoms with Gasteiger partial charge in [-0.3, -0.25) is 0 Å². The second kappa shape index (κ2) is 2.83. The minimum absolute atomic E-state index is 0.399. The van der Waals surface area contributed by atoms with Crippen LogP contribution in [0.4, 0.5) is 0 Å². The van der Waals surface area contributed by atoms with Crippen LogP contribution in [0.2, 0.25) is 0 Å². The molecular weight excluding hydrogens is 152 g/mol. The zero-order chi connectivity index (χ0) is 8.55. The van der Waals surface area contributed by atoms with Crippen molar-refractivity contribution >= 4 is 0 Å². The molecule has 0 spiro atoms. The monoisotopic (exact) mass is 164 g/mol. The lowest BCUT2D eigenvalue weighted by molar-refractivity contribution is 0.133. The summed E-state index contributed by atoms with van der Waals surface area (Å²) in [7, 11) is 0. The van der Waals surface area contributed by atoms with E-state index in [0.717, 1.165) is 17.1 Å². The molecule has 0 fully saturated rings. The first-order valence-electron chi connectivity index (χ1n) is 4.20. The molecule has 1 aromatic heterocycles. The molecule has 1 aliphatic heterocycles. The predicted molar refractivity (Wildman–Crippen MR) is 44.6 cm³/mol. The fraction of sp³-hybridized carbons (Fsp3) is 0.556. The van der Waals surface area contributed by atoms with Gasteiger partial charge < -0.3 is 4.74 Å². The predicted octanol–water partition coefficient (Wildman–Crippen LogP) is 1.63. The van der Waals surface area contributed by atoms with Crippen LogP contribution < -0.4 is 0 Å². The Morgan fingerprint density at radius 3 is 3.00 bits per heavy atom. The Balaban J connectivity index is 2.39. The van der Waals surface area contributed by atoms with E-state index in [9.17, 15) is 0 Å². The minimum Gasteiger partial charge on any atom is -0.370 e. The van der Waals surface area contributed by atoms with Gasteiger partial charge in [-0.25, -0.2) is 9.97 Å². The third kappa shape index (κ3) is 1.20. The highest BCUT2D eigenvalue weighted by molar-refractivity contribution is 5.19. The number of fused-ring (bicyclic) bond motifs is 1. The molecular formula is C9H12N2O. The Bertz CT molecular complexity index is 297. The Morgan fingerprint density at radius 2 is 2.25 bits per heavy atom. The zero-order valence-electron chi connectivity index (χ0n) is 7.37. The molecule has 0 aromatic carbocycles. The van der Waals surface area contributed by atoms with Crippen molar-refractivity contribution in [1.82, 2.24) is 9.97 Å². The molecule has 0 radical (unpaired) electrons. The van der Waals surface area contributed by atoms with Gasteiger partial charge in [-0.15, -0.1) is 0 Å². The molecule has 0 atom stereocenters. The fourth-order valence-electron chi connectivity index (χ4n) is 1.24. The van der Waals surface area contributed by atoms with Gasteiger partial charge in [-0.05, 0) is 0 Å². The first-order chi connectivity index (χ1) is 5.77. The maximum atomic E-state index is 5.25. The summed E-state index contributed by atoms with van der Waals surface area (Å²) in [5.41, 5.74) is 2.20. The zero-order valence-corrected chi connectivity index (χ0v) is 7.37. The van der Waals surface area contributed by atoms with Gasteiger partial charge in [0.1, 0.15) is 5.82 Å². The number of ether oxygens (including phenoxy) is 1. The van der Waals surface area contributed by atoms with Crippen molar-refractivity contribution in [1.29, 1.82) is 0 Å². The lowest BCUT2D eigenvalue weighted by Crippen LogP contribution is -2.00. The van der Waals surface area contributed by atoms with Crippen LogP contribution in [0.1, 0.15) is 36.8 Å². The average molecular weight is 164 g/mol. The average Bonchev–Trinajstić information content (AvgIpc) is 2.49. The van der Waals surface area contributed by atoms with Crippen molar-refractivity contribution in [2.24, 2.45) is 0 Å². The van der Waals surface area contributed by atoms with Gasteiger partial charge in [-0.2, -0.15) is 0 Å². The summed E-state index contributed by atoms with van der Waals surface area (Å²) in [6, 6.07) is 0. The third-order valence-electron chi connectivity index (χ3n) is 1.99. The van der Waals surface area contributed by atoms with E-state index in [1.165, 1.54) is 0 Å². The quantitative estimate of drug-likeness (QED) is 0.632. The molecule has 0 aliphatic carbocycles. The van der Waals surface area contributed by atoms with E-state index in [-0.39, 0.29) is 0 Å². The van der Waals surface area contributed by atoms with Crippen LogP contribution in [0.15, 0.2) is 6.20 Å². The molecule has 1 aromatic rings. The van der Waals surface area contributed by atoms with Gasteiger partial charge in [0.25, 0.3) is 0 Å². The Kier molecular flexibility index (Phi) is 1.81. The number of rotatable bonds is 1. The fourth-order valence-corrected chi connectivity index (χ4v) is 1.24. The van der Waals surface area contributed by atoms with Crippen molar-refractivity contribution in [3.8, 4) is 0 Å². The van der Waals surface area contributed by atoms with E-state index < -0.39 is 0 Å². The highest BCUT2D eigenvalue weighted by Crippen LogP contribution is 2.18. The standard InChI is InChI=1S/C9H12N2O/c1-6(2)9-10-3-7-4-12-5-8(7)11-9/h3,6H,4-5H2,1-2H3. The van der Waals surface area contributed by atoms with E-state index in [1.807, 2.05) is 6.20 Å². The highest BCUT2D eigenvalue weighted by atomic mass is 16.5. The minimum atomic E-state index is 0.399. The molecule has 0 amide bonds. The van der Waals surface area contributed by atoms with Gasteiger partial charge >= 0.3 is 0 Å². The van der Waals surface area contributed by atoms with Gasteiger partial charge in [-0.1, -0.05) is 13.8 Å². The van der Waals surface area contributed by atoms with Crippen molar-refractivity contribution in [3.05, 3.63) is 23.3 Å². The van der Waals surface area contributed by atoms with E-state index in [1.54, 1.807) is 0 Å². The van der Waals surface area contributed by atoms with E-state index in [4.69, 9.17) is 4.74 Å². The lowest BCUT2D eigenvalue weighted by Gasteiger charge is -2.03. The van der Waals surface area contributed by atoms with Crippen molar-refractivity contribution < 1.29 is 4.74 Å². The molecule has 0 unspecified atom stereocenters. The summed E-state index contributed by atoms with van der Waals surface area (Å²) in [4.78, 5) is 8.68. The topological polar surface area (TPSA) is 35.0 Å². The second-order valence-electron chi connectivity index (χ2n) is 3.35. The van der Waals surface area contributed by atoms with Gasteiger partial charge in [0, 0.05) is 17.7 Å². The van der Waals surface area contributed by atoms with E-state index in [0.29, 0.717) is 19.1 Å².